The highest BCUT2D eigenvalue weighted by Crippen LogP contribution is 2.20. The number of nitrogens with one attached hydrogen (secondary N) is 2. The Morgan fingerprint density at radius 1 is 1.00 bits per heavy atom. The van der Waals surface area contributed by atoms with E-state index in [-0.39, 0.29) is 5.91 Å². The molecule has 0 unspecified atom stereocenters. The Hall–Kier alpha value is -3.28. The molecule has 0 bridgehead atoms. The van der Waals surface area contributed by atoms with Crippen molar-refractivity contribution in [2.75, 3.05) is 10.6 Å². The second-order valence-corrected chi connectivity index (χ2v) is 5.44. The van der Waals surface area contributed by atoms with Gasteiger partial charge < -0.3 is 10.6 Å². The predicted octanol–water partition coefficient (Wildman–Crippen LogP) is 3.48. The van der Waals surface area contributed by atoms with Crippen LogP contribution in [0.1, 0.15) is 21.5 Å². The Balaban J connectivity index is 1.68. The summed E-state index contributed by atoms with van der Waals surface area (Å²) in [7, 11) is 0. The van der Waals surface area contributed by atoms with Crippen LogP contribution >= 0.6 is 0 Å². The number of carbonyl (C=O) groups excluding carboxylic acids is 1. The molecule has 0 aliphatic carbocycles. The highest BCUT2D eigenvalue weighted by Gasteiger charge is 2.07. The third-order valence-electron chi connectivity index (χ3n) is 3.47. The number of hydrogen-bond donors (Lipinski definition) is 2. The molecule has 0 aliphatic rings. The normalized spacial score (nSPS) is 10.2. The number of anilines is 3. The summed E-state index contributed by atoms with van der Waals surface area (Å²) >= 11 is 0. The van der Waals surface area contributed by atoms with Crippen molar-refractivity contribution >= 4 is 23.2 Å². The summed E-state index contributed by atoms with van der Waals surface area (Å²) in [6.45, 7) is 4.08. The average molecular weight is 319 g/mol. The van der Waals surface area contributed by atoms with E-state index in [1.54, 1.807) is 30.5 Å². The van der Waals surface area contributed by atoms with Crippen molar-refractivity contribution in [3.63, 3.8) is 0 Å². The molecule has 2 N–H and O–H groups in total. The minimum absolute atomic E-state index is 0.271. The van der Waals surface area contributed by atoms with Gasteiger partial charge in [-0.2, -0.15) is 0 Å². The van der Waals surface area contributed by atoms with Crippen LogP contribution in [0, 0.1) is 13.8 Å². The molecular weight excluding hydrogens is 302 g/mol. The number of hydrogen-bond acceptors (Lipinski definition) is 5. The SMILES string of the molecule is Cc1ccc(Nc2ccc(NC(=O)c3cccnc3)nn2)c(C)c1. The van der Waals surface area contributed by atoms with Gasteiger partial charge in [-0.05, 0) is 49.7 Å². The molecule has 6 nitrogen and oxygen atoms in total. The molecule has 1 aromatic carbocycles. The van der Waals surface area contributed by atoms with E-state index in [0.29, 0.717) is 17.2 Å². The van der Waals surface area contributed by atoms with Crippen LogP contribution in [0.2, 0.25) is 0 Å². The van der Waals surface area contributed by atoms with E-state index in [9.17, 15) is 4.79 Å². The molecule has 3 aromatic rings. The fourth-order valence-corrected chi connectivity index (χ4v) is 2.24. The molecular formula is C18H17N5O. The molecule has 1 amide bonds. The Labute approximate surface area is 140 Å². The summed E-state index contributed by atoms with van der Waals surface area (Å²) in [6.07, 6.45) is 3.11. The minimum Gasteiger partial charge on any atom is -0.339 e. The van der Waals surface area contributed by atoms with Crippen LogP contribution in [0.4, 0.5) is 17.3 Å². The van der Waals surface area contributed by atoms with Gasteiger partial charge in [-0.3, -0.25) is 9.78 Å². The van der Waals surface area contributed by atoms with Gasteiger partial charge in [0.2, 0.25) is 0 Å². The lowest BCUT2D eigenvalue weighted by atomic mass is 10.1. The molecule has 24 heavy (non-hydrogen) atoms. The maximum atomic E-state index is 12.0. The van der Waals surface area contributed by atoms with Gasteiger partial charge in [0.05, 0.1) is 5.56 Å². The van der Waals surface area contributed by atoms with E-state index in [1.807, 2.05) is 19.1 Å². The molecule has 120 valence electrons. The van der Waals surface area contributed by atoms with Gasteiger partial charge in [0.25, 0.3) is 5.91 Å². The van der Waals surface area contributed by atoms with Gasteiger partial charge >= 0.3 is 0 Å². The number of aromatic nitrogens is 3. The lowest BCUT2D eigenvalue weighted by molar-refractivity contribution is 0.102. The fourth-order valence-electron chi connectivity index (χ4n) is 2.24. The summed E-state index contributed by atoms with van der Waals surface area (Å²) in [4.78, 5) is 15.9. The van der Waals surface area contributed by atoms with Gasteiger partial charge in [-0.15, -0.1) is 10.2 Å². The molecule has 0 saturated carbocycles. The first-order chi connectivity index (χ1) is 11.6. The monoisotopic (exact) mass is 319 g/mol. The molecule has 0 atom stereocenters. The van der Waals surface area contributed by atoms with Crippen molar-refractivity contribution < 1.29 is 4.79 Å². The van der Waals surface area contributed by atoms with Gasteiger partial charge in [-0.1, -0.05) is 17.7 Å². The number of carbonyl (C=O) groups is 1. The summed E-state index contributed by atoms with van der Waals surface area (Å²) in [6, 6.07) is 13.0. The second kappa shape index (κ2) is 6.87. The van der Waals surface area contributed by atoms with Gasteiger partial charge in [0.1, 0.15) is 0 Å². The Morgan fingerprint density at radius 2 is 1.79 bits per heavy atom. The van der Waals surface area contributed by atoms with Crippen molar-refractivity contribution in [3.05, 3.63) is 71.5 Å². The number of rotatable bonds is 4. The third kappa shape index (κ3) is 3.73. The van der Waals surface area contributed by atoms with Crippen molar-refractivity contribution in [2.24, 2.45) is 0 Å². The van der Waals surface area contributed by atoms with Crippen LogP contribution in [0.25, 0.3) is 0 Å². The number of benzene rings is 1. The first kappa shape index (κ1) is 15.6. The Bertz CT molecular complexity index is 847. The highest BCUT2D eigenvalue weighted by molar-refractivity contribution is 6.03. The molecule has 0 aliphatic heterocycles. The zero-order valence-electron chi connectivity index (χ0n) is 13.4. The smallest absolute Gasteiger partial charge is 0.258 e. The zero-order chi connectivity index (χ0) is 16.9. The molecule has 6 heteroatoms. The third-order valence-corrected chi connectivity index (χ3v) is 3.47. The van der Waals surface area contributed by atoms with E-state index in [4.69, 9.17) is 0 Å². The van der Waals surface area contributed by atoms with Crippen molar-refractivity contribution in [1.29, 1.82) is 0 Å². The maximum Gasteiger partial charge on any atom is 0.258 e. The maximum absolute atomic E-state index is 12.0. The van der Waals surface area contributed by atoms with Crippen LogP contribution in [-0.2, 0) is 0 Å². The zero-order valence-corrected chi connectivity index (χ0v) is 13.4. The van der Waals surface area contributed by atoms with Crippen molar-refractivity contribution in [2.45, 2.75) is 13.8 Å². The second-order valence-electron chi connectivity index (χ2n) is 5.44. The van der Waals surface area contributed by atoms with E-state index in [1.165, 1.54) is 11.8 Å². The summed E-state index contributed by atoms with van der Waals surface area (Å²) in [5.41, 5.74) is 3.78. The molecule has 0 saturated heterocycles. The number of nitrogens with zero attached hydrogens (tertiary/aromatic N) is 3. The van der Waals surface area contributed by atoms with Gasteiger partial charge in [0.15, 0.2) is 11.6 Å². The Morgan fingerprint density at radius 3 is 2.46 bits per heavy atom. The number of aryl methyl sites for hydroxylation is 2. The lowest BCUT2D eigenvalue weighted by Gasteiger charge is -2.09. The van der Waals surface area contributed by atoms with Crippen LogP contribution in [-0.4, -0.2) is 21.1 Å². The number of amides is 1. The van der Waals surface area contributed by atoms with Crippen molar-refractivity contribution in [3.8, 4) is 0 Å². The quantitative estimate of drug-likeness (QED) is 0.769. The average Bonchev–Trinajstić information content (AvgIpc) is 2.60. The highest BCUT2D eigenvalue weighted by atomic mass is 16.1. The van der Waals surface area contributed by atoms with Crippen LogP contribution in [0.5, 0.6) is 0 Å². The summed E-state index contributed by atoms with van der Waals surface area (Å²) in [5.74, 6) is 0.726. The van der Waals surface area contributed by atoms with Crippen LogP contribution < -0.4 is 10.6 Å². The van der Waals surface area contributed by atoms with Crippen LogP contribution in [0.3, 0.4) is 0 Å². The van der Waals surface area contributed by atoms with E-state index < -0.39 is 0 Å². The largest absolute Gasteiger partial charge is 0.339 e. The first-order valence-corrected chi connectivity index (χ1v) is 7.51. The van der Waals surface area contributed by atoms with Crippen molar-refractivity contribution in [1.82, 2.24) is 15.2 Å². The predicted molar refractivity (Wildman–Crippen MR) is 93.4 cm³/mol. The fraction of sp³-hybridized carbons (Fsp3) is 0.111. The molecule has 0 fully saturated rings. The topological polar surface area (TPSA) is 79.8 Å². The minimum atomic E-state index is -0.271. The van der Waals surface area contributed by atoms with Gasteiger partial charge in [0, 0.05) is 18.1 Å². The Kier molecular flexibility index (Phi) is 4.47. The van der Waals surface area contributed by atoms with Gasteiger partial charge in [-0.25, -0.2) is 0 Å². The molecule has 0 radical (unpaired) electrons. The molecule has 3 rings (SSSR count). The first-order valence-electron chi connectivity index (χ1n) is 7.51. The molecule has 0 spiro atoms. The summed E-state index contributed by atoms with van der Waals surface area (Å²) in [5, 5.41) is 14.0. The van der Waals surface area contributed by atoms with Crippen LogP contribution in [0.15, 0.2) is 54.9 Å². The summed E-state index contributed by atoms with van der Waals surface area (Å²) < 4.78 is 0. The van der Waals surface area contributed by atoms with E-state index in [0.717, 1.165) is 11.3 Å². The lowest BCUT2D eigenvalue weighted by Crippen LogP contribution is -2.13. The van der Waals surface area contributed by atoms with E-state index in [2.05, 4.69) is 38.8 Å². The molecule has 2 aromatic heterocycles. The van der Waals surface area contributed by atoms with E-state index >= 15 is 0 Å². The standard InChI is InChI=1S/C18H17N5O/c1-12-5-6-15(13(2)10-12)20-16-7-8-17(23-22-16)21-18(24)14-4-3-9-19-11-14/h3-11H,1-2H3,(H,20,22)(H,21,23,24). The molecule has 2 heterocycles. The number of pyridine rings is 1.